The number of carbonyl (C=O) groups excluding carboxylic acids is 2. The normalized spacial score (nSPS) is 16.9. The van der Waals surface area contributed by atoms with Gasteiger partial charge in [-0.1, -0.05) is 0 Å². The lowest BCUT2D eigenvalue weighted by atomic mass is 9.94. The van der Waals surface area contributed by atoms with Crippen molar-refractivity contribution in [2.75, 3.05) is 19.0 Å². The molecule has 1 aromatic rings. The minimum Gasteiger partial charge on any atom is -0.490 e. The first-order chi connectivity index (χ1) is 8.44. The predicted octanol–water partition coefficient (Wildman–Crippen LogP) is 1.83. The van der Waals surface area contributed by atoms with Crippen LogP contribution in [0.3, 0.4) is 0 Å². The molecule has 1 heterocycles. The van der Waals surface area contributed by atoms with Crippen molar-refractivity contribution in [1.82, 2.24) is 0 Å². The molecule has 0 aliphatic carbocycles. The highest BCUT2D eigenvalue weighted by atomic mass is 16.5. The van der Waals surface area contributed by atoms with Crippen molar-refractivity contribution >= 4 is 17.6 Å². The van der Waals surface area contributed by atoms with Gasteiger partial charge in [-0.05, 0) is 32.0 Å². The summed E-state index contributed by atoms with van der Waals surface area (Å²) in [6.45, 7) is 3.86. The molecule has 0 saturated heterocycles. The molecule has 0 bridgehead atoms. The van der Waals surface area contributed by atoms with Crippen molar-refractivity contribution in [1.29, 1.82) is 0 Å². The van der Waals surface area contributed by atoms with Crippen molar-refractivity contribution in [2.24, 2.45) is 5.41 Å². The minimum atomic E-state index is -0.607. The molecule has 1 N–H and O–H groups in total. The first-order valence-electron chi connectivity index (χ1n) is 5.61. The van der Waals surface area contributed by atoms with Crippen LogP contribution in [0.4, 0.5) is 5.69 Å². The Kier molecular flexibility index (Phi) is 2.98. The number of methoxy groups -OCH3 is 1. The van der Waals surface area contributed by atoms with Crippen LogP contribution in [0.1, 0.15) is 24.2 Å². The van der Waals surface area contributed by atoms with Crippen LogP contribution < -0.4 is 10.1 Å². The van der Waals surface area contributed by atoms with Crippen molar-refractivity contribution in [2.45, 2.75) is 13.8 Å². The maximum Gasteiger partial charge on any atom is 0.337 e. The lowest BCUT2D eigenvalue weighted by molar-refractivity contribution is -0.124. The third-order valence-corrected chi connectivity index (χ3v) is 2.85. The largest absolute Gasteiger partial charge is 0.490 e. The van der Waals surface area contributed by atoms with Gasteiger partial charge in [-0.25, -0.2) is 4.79 Å². The van der Waals surface area contributed by atoms with Crippen LogP contribution in [0.25, 0.3) is 0 Å². The summed E-state index contributed by atoms with van der Waals surface area (Å²) >= 11 is 0. The van der Waals surface area contributed by atoms with Gasteiger partial charge in [-0.15, -0.1) is 0 Å². The molecule has 5 nitrogen and oxygen atoms in total. The lowest BCUT2D eigenvalue weighted by Gasteiger charge is -2.18. The van der Waals surface area contributed by atoms with Gasteiger partial charge < -0.3 is 14.8 Å². The van der Waals surface area contributed by atoms with Crippen LogP contribution >= 0.6 is 0 Å². The molecule has 1 aliphatic rings. The molecule has 2 rings (SSSR count). The number of nitrogens with one attached hydrogen (secondary N) is 1. The van der Waals surface area contributed by atoms with Crippen LogP contribution in [-0.2, 0) is 9.53 Å². The third kappa shape index (κ3) is 2.16. The SMILES string of the molecule is COC(=O)c1ccc2c(c1)OCC(C)(C)C(=O)N2. The summed E-state index contributed by atoms with van der Waals surface area (Å²) in [5.41, 5.74) is 0.355. The fourth-order valence-electron chi connectivity index (χ4n) is 1.61. The quantitative estimate of drug-likeness (QED) is 0.771. The summed E-state index contributed by atoms with van der Waals surface area (Å²) in [7, 11) is 1.32. The van der Waals surface area contributed by atoms with E-state index in [0.717, 1.165) is 0 Å². The maximum absolute atomic E-state index is 11.9. The molecule has 0 radical (unpaired) electrons. The molecule has 5 heteroatoms. The number of amides is 1. The monoisotopic (exact) mass is 249 g/mol. The summed E-state index contributed by atoms with van der Waals surface area (Å²) in [4.78, 5) is 23.3. The van der Waals surface area contributed by atoms with Crippen LogP contribution in [0.15, 0.2) is 18.2 Å². The van der Waals surface area contributed by atoms with Gasteiger partial charge in [-0.3, -0.25) is 4.79 Å². The number of hydrogen-bond acceptors (Lipinski definition) is 4. The summed E-state index contributed by atoms with van der Waals surface area (Å²) in [5.74, 6) is -0.0554. The second-order valence-electron chi connectivity index (χ2n) is 4.83. The number of rotatable bonds is 1. The van der Waals surface area contributed by atoms with E-state index >= 15 is 0 Å². The Morgan fingerprint density at radius 1 is 1.44 bits per heavy atom. The molecule has 0 atom stereocenters. The van der Waals surface area contributed by atoms with E-state index in [0.29, 0.717) is 17.0 Å². The standard InChI is InChI=1S/C13H15NO4/c1-13(2)7-18-10-6-8(11(15)17-3)4-5-9(10)14-12(13)16/h4-6H,7H2,1-3H3,(H,14,16). The molecule has 1 aliphatic heterocycles. The van der Waals surface area contributed by atoms with Gasteiger partial charge in [0.25, 0.3) is 0 Å². The van der Waals surface area contributed by atoms with E-state index < -0.39 is 11.4 Å². The number of anilines is 1. The topological polar surface area (TPSA) is 64.6 Å². The number of ether oxygens (including phenoxy) is 2. The Hall–Kier alpha value is -2.04. The lowest BCUT2D eigenvalue weighted by Crippen LogP contribution is -2.33. The molecular formula is C13H15NO4. The zero-order valence-electron chi connectivity index (χ0n) is 10.6. The number of esters is 1. The van der Waals surface area contributed by atoms with Gasteiger partial charge in [0.1, 0.15) is 12.4 Å². The highest BCUT2D eigenvalue weighted by Gasteiger charge is 2.32. The van der Waals surface area contributed by atoms with Crippen molar-refractivity contribution in [3.63, 3.8) is 0 Å². The maximum atomic E-state index is 11.9. The predicted molar refractivity (Wildman–Crippen MR) is 65.7 cm³/mol. The molecule has 1 aromatic carbocycles. The second kappa shape index (κ2) is 4.33. The highest BCUT2D eigenvalue weighted by molar-refractivity contribution is 5.98. The van der Waals surface area contributed by atoms with Gasteiger partial charge in [0, 0.05) is 0 Å². The van der Waals surface area contributed by atoms with Crippen LogP contribution in [0.5, 0.6) is 5.75 Å². The Morgan fingerprint density at radius 2 is 2.17 bits per heavy atom. The molecule has 1 amide bonds. The average Bonchev–Trinajstić information content (AvgIpc) is 2.46. The van der Waals surface area contributed by atoms with Crippen LogP contribution in [-0.4, -0.2) is 25.6 Å². The number of benzene rings is 1. The minimum absolute atomic E-state index is 0.105. The smallest absolute Gasteiger partial charge is 0.337 e. The molecule has 96 valence electrons. The van der Waals surface area contributed by atoms with Crippen molar-refractivity contribution < 1.29 is 19.1 Å². The van der Waals surface area contributed by atoms with Gasteiger partial charge >= 0.3 is 5.97 Å². The Balaban J connectivity index is 2.36. The van der Waals surface area contributed by atoms with E-state index in [4.69, 9.17) is 4.74 Å². The van der Waals surface area contributed by atoms with E-state index in [9.17, 15) is 9.59 Å². The molecule has 0 fully saturated rings. The van der Waals surface area contributed by atoms with Gasteiger partial charge in [0.05, 0.1) is 23.8 Å². The van der Waals surface area contributed by atoms with E-state index in [2.05, 4.69) is 10.1 Å². The van der Waals surface area contributed by atoms with Crippen LogP contribution in [0.2, 0.25) is 0 Å². The molecule has 18 heavy (non-hydrogen) atoms. The zero-order chi connectivity index (χ0) is 13.3. The molecule has 0 aromatic heterocycles. The highest BCUT2D eigenvalue weighted by Crippen LogP contribution is 2.32. The van der Waals surface area contributed by atoms with Crippen molar-refractivity contribution in [3.05, 3.63) is 23.8 Å². The van der Waals surface area contributed by atoms with Crippen molar-refractivity contribution in [3.8, 4) is 5.75 Å². The fourth-order valence-corrected chi connectivity index (χ4v) is 1.61. The molecule has 0 saturated carbocycles. The Labute approximate surface area is 105 Å². The fraction of sp³-hybridized carbons (Fsp3) is 0.385. The molecule has 0 unspecified atom stereocenters. The van der Waals surface area contributed by atoms with E-state index in [1.165, 1.54) is 7.11 Å². The van der Waals surface area contributed by atoms with E-state index in [1.807, 2.05) is 0 Å². The van der Waals surface area contributed by atoms with E-state index in [1.54, 1.807) is 32.0 Å². The summed E-state index contributed by atoms with van der Waals surface area (Å²) in [5, 5.41) is 2.78. The zero-order valence-corrected chi connectivity index (χ0v) is 10.6. The Bertz CT molecular complexity index is 508. The van der Waals surface area contributed by atoms with Crippen LogP contribution in [0, 0.1) is 5.41 Å². The van der Waals surface area contributed by atoms with Gasteiger partial charge in [0.2, 0.25) is 5.91 Å². The molecule has 0 spiro atoms. The van der Waals surface area contributed by atoms with Gasteiger partial charge in [0.15, 0.2) is 0 Å². The summed E-state index contributed by atoms with van der Waals surface area (Å²) < 4.78 is 10.2. The Morgan fingerprint density at radius 3 is 2.83 bits per heavy atom. The first-order valence-corrected chi connectivity index (χ1v) is 5.61. The van der Waals surface area contributed by atoms with E-state index in [-0.39, 0.29) is 12.5 Å². The molecular weight excluding hydrogens is 234 g/mol. The third-order valence-electron chi connectivity index (χ3n) is 2.85. The second-order valence-corrected chi connectivity index (χ2v) is 4.83. The summed E-state index contributed by atoms with van der Waals surface area (Å²) in [6.07, 6.45) is 0. The summed E-state index contributed by atoms with van der Waals surface area (Å²) in [6, 6.07) is 4.80. The van der Waals surface area contributed by atoms with Gasteiger partial charge in [-0.2, -0.15) is 0 Å². The average molecular weight is 249 g/mol. The number of fused-ring (bicyclic) bond motifs is 1. The number of carbonyl (C=O) groups is 2. The first kappa shape index (κ1) is 12.4. The number of hydrogen-bond donors (Lipinski definition) is 1.